The molecule has 0 aliphatic heterocycles. The summed E-state index contributed by atoms with van der Waals surface area (Å²) in [6, 6.07) is 6.40. The second-order valence-corrected chi connectivity index (χ2v) is 4.69. The minimum Gasteiger partial charge on any atom is -0.399 e. The smallest absolute Gasteiger partial charge is 0.140 e. The Balaban J connectivity index is 2.31. The van der Waals surface area contributed by atoms with Crippen LogP contribution in [0.25, 0.3) is 0 Å². The van der Waals surface area contributed by atoms with E-state index in [9.17, 15) is 8.78 Å². The Hall–Kier alpha value is -1.33. The van der Waals surface area contributed by atoms with Crippen molar-refractivity contribution in [1.29, 1.82) is 0 Å². The molecule has 0 bridgehead atoms. The zero-order valence-corrected chi connectivity index (χ0v) is 10.0. The lowest BCUT2D eigenvalue weighted by molar-refractivity contribution is 0.565. The normalized spacial score (nSPS) is 10.5. The van der Waals surface area contributed by atoms with E-state index in [0.717, 1.165) is 17.8 Å². The van der Waals surface area contributed by atoms with E-state index in [-0.39, 0.29) is 10.0 Å². The van der Waals surface area contributed by atoms with Gasteiger partial charge in [-0.25, -0.2) is 13.8 Å². The summed E-state index contributed by atoms with van der Waals surface area (Å²) in [5.41, 5.74) is 6.02. The first kappa shape index (κ1) is 12.1. The molecule has 0 unspecified atom stereocenters. The van der Waals surface area contributed by atoms with E-state index in [2.05, 4.69) is 4.98 Å². The SMILES string of the molecule is Nc1cc(Cl)nc(Sc2ccc(F)cc2F)c1. The molecule has 0 saturated heterocycles. The summed E-state index contributed by atoms with van der Waals surface area (Å²) < 4.78 is 26.1. The first-order valence-electron chi connectivity index (χ1n) is 4.60. The van der Waals surface area contributed by atoms with Crippen molar-refractivity contribution in [3.05, 3.63) is 47.1 Å². The first-order chi connectivity index (χ1) is 8.04. The Labute approximate surface area is 106 Å². The molecule has 0 radical (unpaired) electrons. The zero-order chi connectivity index (χ0) is 12.4. The van der Waals surface area contributed by atoms with Crippen molar-refractivity contribution >= 4 is 29.1 Å². The van der Waals surface area contributed by atoms with E-state index in [0.29, 0.717) is 10.7 Å². The van der Waals surface area contributed by atoms with Gasteiger partial charge in [-0.2, -0.15) is 0 Å². The predicted molar refractivity (Wildman–Crippen MR) is 64.1 cm³/mol. The average molecular weight is 273 g/mol. The Morgan fingerprint density at radius 3 is 2.59 bits per heavy atom. The molecule has 0 saturated carbocycles. The molecule has 2 N–H and O–H groups in total. The summed E-state index contributed by atoms with van der Waals surface area (Å²) >= 11 is 6.76. The van der Waals surface area contributed by atoms with E-state index >= 15 is 0 Å². The van der Waals surface area contributed by atoms with Gasteiger partial charge in [0.15, 0.2) is 0 Å². The van der Waals surface area contributed by atoms with Crippen molar-refractivity contribution < 1.29 is 8.78 Å². The third-order valence-electron chi connectivity index (χ3n) is 1.90. The van der Waals surface area contributed by atoms with Gasteiger partial charge in [0.1, 0.15) is 21.8 Å². The summed E-state index contributed by atoms with van der Waals surface area (Å²) in [4.78, 5) is 4.25. The molecule has 0 spiro atoms. The van der Waals surface area contributed by atoms with Crippen LogP contribution >= 0.6 is 23.4 Å². The lowest BCUT2D eigenvalue weighted by atomic mass is 10.3. The van der Waals surface area contributed by atoms with Crippen LogP contribution in [-0.4, -0.2) is 4.98 Å². The minimum absolute atomic E-state index is 0.231. The molecule has 0 aliphatic carbocycles. The van der Waals surface area contributed by atoms with Crippen LogP contribution in [0.5, 0.6) is 0 Å². The summed E-state index contributed by atoms with van der Waals surface area (Å²) in [5, 5.41) is 0.690. The summed E-state index contributed by atoms with van der Waals surface area (Å²) in [6.07, 6.45) is 0. The molecule has 1 aromatic carbocycles. The summed E-state index contributed by atoms with van der Waals surface area (Å²) in [6.45, 7) is 0. The molecule has 0 fully saturated rings. The summed E-state index contributed by atoms with van der Waals surface area (Å²) in [5.74, 6) is -1.26. The number of hydrogen-bond acceptors (Lipinski definition) is 3. The van der Waals surface area contributed by atoms with Gasteiger partial charge >= 0.3 is 0 Å². The van der Waals surface area contributed by atoms with Crippen LogP contribution in [0.2, 0.25) is 5.15 Å². The Morgan fingerprint density at radius 1 is 1.18 bits per heavy atom. The van der Waals surface area contributed by atoms with E-state index < -0.39 is 11.6 Å². The van der Waals surface area contributed by atoms with Crippen molar-refractivity contribution in [3.8, 4) is 0 Å². The number of benzene rings is 1. The van der Waals surface area contributed by atoms with Gasteiger partial charge in [-0.05, 0) is 24.3 Å². The zero-order valence-electron chi connectivity index (χ0n) is 8.45. The predicted octanol–water partition coefficient (Wildman–Crippen LogP) is 3.75. The highest BCUT2D eigenvalue weighted by atomic mass is 35.5. The number of aromatic nitrogens is 1. The van der Waals surface area contributed by atoms with E-state index in [1.54, 1.807) is 6.07 Å². The van der Waals surface area contributed by atoms with E-state index in [1.807, 2.05) is 0 Å². The number of halogens is 3. The lowest BCUT2D eigenvalue weighted by Crippen LogP contribution is -1.90. The van der Waals surface area contributed by atoms with Crippen molar-refractivity contribution in [2.24, 2.45) is 0 Å². The molecule has 88 valence electrons. The molecular weight excluding hydrogens is 266 g/mol. The van der Waals surface area contributed by atoms with Crippen molar-refractivity contribution in [3.63, 3.8) is 0 Å². The molecule has 2 nitrogen and oxygen atoms in total. The number of rotatable bonds is 2. The van der Waals surface area contributed by atoms with Crippen LogP contribution < -0.4 is 5.73 Å². The monoisotopic (exact) mass is 272 g/mol. The largest absolute Gasteiger partial charge is 0.399 e. The minimum atomic E-state index is -0.643. The maximum Gasteiger partial charge on any atom is 0.140 e. The number of hydrogen-bond donors (Lipinski definition) is 1. The third-order valence-corrected chi connectivity index (χ3v) is 3.06. The van der Waals surface area contributed by atoms with Crippen LogP contribution in [0.15, 0.2) is 40.3 Å². The molecule has 1 heterocycles. The molecule has 2 aromatic rings. The number of nitrogens with two attached hydrogens (primary N) is 1. The van der Waals surface area contributed by atoms with Gasteiger partial charge in [-0.1, -0.05) is 23.4 Å². The first-order valence-corrected chi connectivity index (χ1v) is 5.80. The van der Waals surface area contributed by atoms with Crippen LogP contribution in [0.3, 0.4) is 0 Å². The highest BCUT2D eigenvalue weighted by Crippen LogP contribution is 2.30. The maximum absolute atomic E-state index is 13.4. The van der Waals surface area contributed by atoms with Crippen LogP contribution in [0.4, 0.5) is 14.5 Å². The number of nitrogen functional groups attached to an aromatic ring is 1. The lowest BCUT2D eigenvalue weighted by Gasteiger charge is -2.04. The van der Waals surface area contributed by atoms with E-state index in [4.69, 9.17) is 17.3 Å². The van der Waals surface area contributed by atoms with Crippen molar-refractivity contribution in [1.82, 2.24) is 4.98 Å². The third kappa shape index (κ3) is 3.08. The Morgan fingerprint density at radius 2 is 1.94 bits per heavy atom. The Kier molecular flexibility index (Phi) is 3.49. The topological polar surface area (TPSA) is 38.9 Å². The fourth-order valence-electron chi connectivity index (χ4n) is 1.21. The molecule has 0 aliphatic rings. The fraction of sp³-hybridized carbons (Fsp3) is 0. The van der Waals surface area contributed by atoms with Crippen molar-refractivity contribution in [2.75, 3.05) is 5.73 Å². The average Bonchev–Trinajstić information content (AvgIpc) is 2.21. The molecule has 17 heavy (non-hydrogen) atoms. The van der Waals surface area contributed by atoms with Gasteiger partial charge in [0, 0.05) is 16.6 Å². The fourth-order valence-corrected chi connectivity index (χ4v) is 2.34. The molecule has 2 rings (SSSR count). The van der Waals surface area contributed by atoms with Gasteiger partial charge in [0.25, 0.3) is 0 Å². The van der Waals surface area contributed by atoms with Crippen LogP contribution in [0.1, 0.15) is 0 Å². The molecule has 6 heteroatoms. The van der Waals surface area contributed by atoms with Gasteiger partial charge in [-0.3, -0.25) is 0 Å². The summed E-state index contributed by atoms with van der Waals surface area (Å²) in [7, 11) is 0. The van der Waals surface area contributed by atoms with Crippen LogP contribution in [0, 0.1) is 11.6 Å². The maximum atomic E-state index is 13.4. The van der Waals surface area contributed by atoms with Gasteiger partial charge < -0.3 is 5.73 Å². The molecule has 0 amide bonds. The molecule has 0 atom stereocenters. The van der Waals surface area contributed by atoms with Gasteiger partial charge in [0.05, 0.1) is 0 Å². The number of anilines is 1. The van der Waals surface area contributed by atoms with Gasteiger partial charge in [0.2, 0.25) is 0 Å². The van der Waals surface area contributed by atoms with Gasteiger partial charge in [-0.15, -0.1) is 0 Å². The standard InChI is InChI=1S/C11H7ClF2N2S/c12-10-4-7(15)5-11(16-10)17-9-2-1-6(13)3-8(9)14/h1-5H,(H2,15,16). The number of pyridine rings is 1. The number of nitrogens with zero attached hydrogens (tertiary/aromatic N) is 1. The molecule has 1 aromatic heterocycles. The Bertz CT molecular complexity index is 543. The second-order valence-electron chi connectivity index (χ2n) is 3.24. The van der Waals surface area contributed by atoms with Crippen LogP contribution in [-0.2, 0) is 0 Å². The highest BCUT2D eigenvalue weighted by Gasteiger charge is 2.07. The van der Waals surface area contributed by atoms with Crippen molar-refractivity contribution in [2.45, 2.75) is 9.92 Å². The van der Waals surface area contributed by atoms with E-state index in [1.165, 1.54) is 18.2 Å². The second kappa shape index (κ2) is 4.89. The quantitative estimate of drug-likeness (QED) is 0.847. The highest BCUT2D eigenvalue weighted by molar-refractivity contribution is 7.99. The molecular formula is C11H7ClF2N2S.